The molecule has 5 nitrogen and oxygen atoms in total. The molecule has 0 saturated heterocycles. The molecular weight excluding hydrogens is 264 g/mol. The van der Waals surface area contributed by atoms with Crippen molar-refractivity contribution in [1.82, 2.24) is 10.2 Å². The first-order valence-electron chi connectivity index (χ1n) is 6.27. The number of hydrogen-bond donors (Lipinski definition) is 2. The van der Waals surface area contributed by atoms with Gasteiger partial charge in [-0.05, 0) is 17.9 Å². The van der Waals surface area contributed by atoms with Crippen LogP contribution in [0.25, 0.3) is 0 Å². The molecule has 1 atom stereocenters. The number of aliphatic carboxylic acids is 1. The number of nitrogens with one attached hydrogen (secondary N) is 1. The van der Waals surface area contributed by atoms with Crippen LogP contribution in [0.3, 0.4) is 0 Å². The van der Waals surface area contributed by atoms with Crippen LogP contribution in [0.2, 0.25) is 0 Å². The fourth-order valence-corrected chi connectivity index (χ4v) is 2.43. The molecule has 2 N–H and O–H groups in total. The summed E-state index contributed by atoms with van der Waals surface area (Å²) in [7, 11) is 1.72. The third-order valence-corrected chi connectivity index (χ3v) is 3.64. The van der Waals surface area contributed by atoms with Crippen LogP contribution in [-0.2, 0) is 16.1 Å². The third-order valence-electron chi connectivity index (χ3n) is 2.77. The van der Waals surface area contributed by atoms with Gasteiger partial charge in [-0.3, -0.25) is 14.9 Å². The quantitative estimate of drug-likeness (QED) is 0.760. The summed E-state index contributed by atoms with van der Waals surface area (Å²) in [5, 5.41) is 13.7. The number of carbonyl (C=O) groups is 2. The third kappa shape index (κ3) is 5.40. The molecule has 6 heteroatoms. The molecule has 1 heterocycles. The fraction of sp³-hybridized carbons (Fsp3) is 0.538. The molecule has 1 aromatic heterocycles. The van der Waals surface area contributed by atoms with E-state index in [2.05, 4.69) is 5.32 Å². The molecule has 0 spiro atoms. The monoisotopic (exact) mass is 284 g/mol. The van der Waals surface area contributed by atoms with Gasteiger partial charge in [0.15, 0.2) is 0 Å². The van der Waals surface area contributed by atoms with Crippen molar-refractivity contribution in [2.45, 2.75) is 32.4 Å². The summed E-state index contributed by atoms with van der Waals surface area (Å²) < 4.78 is 0. The van der Waals surface area contributed by atoms with E-state index in [-0.39, 0.29) is 12.5 Å². The van der Waals surface area contributed by atoms with Gasteiger partial charge in [0.2, 0.25) is 5.91 Å². The van der Waals surface area contributed by atoms with Gasteiger partial charge in [-0.2, -0.15) is 0 Å². The fourth-order valence-electron chi connectivity index (χ4n) is 1.67. The van der Waals surface area contributed by atoms with Crippen molar-refractivity contribution in [3.05, 3.63) is 22.4 Å². The largest absolute Gasteiger partial charge is 0.480 e. The first kappa shape index (κ1) is 15.7. The number of amides is 1. The van der Waals surface area contributed by atoms with E-state index in [1.165, 1.54) is 0 Å². The molecule has 1 rings (SSSR count). The predicted octanol–water partition coefficient (Wildman–Crippen LogP) is 1.55. The maximum Gasteiger partial charge on any atom is 0.320 e. The summed E-state index contributed by atoms with van der Waals surface area (Å²) in [6, 6.07) is 3.26. The van der Waals surface area contributed by atoms with Gasteiger partial charge in [0, 0.05) is 11.9 Å². The Morgan fingerprint density at radius 2 is 2.26 bits per heavy atom. The highest BCUT2D eigenvalue weighted by Crippen LogP contribution is 2.10. The molecule has 1 unspecified atom stereocenters. The number of carboxylic acids is 1. The Morgan fingerprint density at radius 3 is 2.79 bits per heavy atom. The zero-order valence-electron chi connectivity index (χ0n) is 11.3. The van der Waals surface area contributed by atoms with Gasteiger partial charge in [-0.15, -0.1) is 11.3 Å². The van der Waals surface area contributed by atoms with E-state index >= 15 is 0 Å². The van der Waals surface area contributed by atoms with Crippen LogP contribution in [0.1, 0.15) is 24.6 Å². The molecule has 1 amide bonds. The zero-order valence-corrected chi connectivity index (χ0v) is 12.1. The number of hydrogen-bond acceptors (Lipinski definition) is 4. The van der Waals surface area contributed by atoms with Crippen LogP contribution >= 0.6 is 11.3 Å². The summed E-state index contributed by atoms with van der Waals surface area (Å²) in [6.45, 7) is 2.53. The number of thiophene rings is 1. The molecule has 0 aromatic carbocycles. The average Bonchev–Trinajstić information content (AvgIpc) is 2.86. The number of nitrogens with zero attached hydrogens (tertiary/aromatic N) is 1. The lowest BCUT2D eigenvalue weighted by Crippen LogP contribution is -2.43. The maximum atomic E-state index is 11.9. The van der Waals surface area contributed by atoms with Gasteiger partial charge < -0.3 is 10.0 Å². The van der Waals surface area contributed by atoms with Gasteiger partial charge in [-0.1, -0.05) is 19.4 Å². The number of likely N-dealkylation sites (N-methyl/N-ethyl adjacent to an activating group) is 1. The summed E-state index contributed by atoms with van der Waals surface area (Å²) in [4.78, 5) is 25.5. The minimum atomic E-state index is -0.907. The smallest absolute Gasteiger partial charge is 0.320 e. The number of carbonyl (C=O) groups excluding carboxylic acids is 1. The van der Waals surface area contributed by atoms with E-state index in [4.69, 9.17) is 5.11 Å². The molecule has 0 aliphatic heterocycles. The van der Waals surface area contributed by atoms with Gasteiger partial charge >= 0.3 is 5.97 Å². The van der Waals surface area contributed by atoms with Gasteiger partial charge in [0.05, 0.1) is 13.1 Å². The van der Waals surface area contributed by atoms with Crippen molar-refractivity contribution >= 4 is 23.2 Å². The normalized spacial score (nSPS) is 12.1. The molecule has 0 aliphatic rings. The SMILES string of the molecule is CCCC(NCC(=O)N(C)Cc1cccs1)C(=O)O. The van der Waals surface area contributed by atoms with Gasteiger partial charge in [0.25, 0.3) is 0 Å². The minimum absolute atomic E-state index is 0.0544. The second-order valence-electron chi connectivity index (χ2n) is 4.39. The Hall–Kier alpha value is -1.40. The summed E-state index contributed by atoms with van der Waals surface area (Å²) in [6.07, 6.45) is 1.29. The van der Waals surface area contributed by atoms with Crippen molar-refractivity contribution in [2.75, 3.05) is 13.6 Å². The molecule has 0 radical (unpaired) electrons. The Balaban J connectivity index is 2.39. The van der Waals surface area contributed by atoms with Crippen LogP contribution in [0, 0.1) is 0 Å². The lowest BCUT2D eigenvalue weighted by Gasteiger charge is -2.19. The van der Waals surface area contributed by atoms with Gasteiger partial charge in [0.1, 0.15) is 6.04 Å². The zero-order chi connectivity index (χ0) is 14.3. The van der Waals surface area contributed by atoms with E-state index in [1.807, 2.05) is 24.4 Å². The van der Waals surface area contributed by atoms with Crippen LogP contribution in [-0.4, -0.2) is 41.5 Å². The molecule has 106 valence electrons. The van der Waals surface area contributed by atoms with Crippen LogP contribution < -0.4 is 5.32 Å². The van der Waals surface area contributed by atoms with E-state index in [0.29, 0.717) is 13.0 Å². The first-order chi connectivity index (χ1) is 9.04. The molecule has 0 aliphatic carbocycles. The molecule has 19 heavy (non-hydrogen) atoms. The van der Waals surface area contributed by atoms with Crippen molar-refractivity contribution in [3.8, 4) is 0 Å². The van der Waals surface area contributed by atoms with Crippen molar-refractivity contribution in [1.29, 1.82) is 0 Å². The summed E-state index contributed by atoms with van der Waals surface area (Å²) >= 11 is 1.60. The maximum absolute atomic E-state index is 11.9. The van der Waals surface area contributed by atoms with Crippen LogP contribution in [0.5, 0.6) is 0 Å². The summed E-state index contributed by atoms with van der Waals surface area (Å²) in [5.41, 5.74) is 0. The summed E-state index contributed by atoms with van der Waals surface area (Å²) in [5.74, 6) is -1.01. The van der Waals surface area contributed by atoms with E-state index in [9.17, 15) is 9.59 Å². The topological polar surface area (TPSA) is 69.6 Å². The standard InChI is InChI=1S/C13H20N2O3S/c1-3-5-11(13(17)18)14-8-12(16)15(2)9-10-6-4-7-19-10/h4,6-7,11,14H,3,5,8-9H2,1-2H3,(H,17,18). The highest BCUT2D eigenvalue weighted by Gasteiger charge is 2.18. The van der Waals surface area contributed by atoms with E-state index < -0.39 is 12.0 Å². The lowest BCUT2D eigenvalue weighted by molar-refractivity contribution is -0.140. The van der Waals surface area contributed by atoms with E-state index in [1.54, 1.807) is 23.3 Å². The van der Waals surface area contributed by atoms with Crippen molar-refractivity contribution in [3.63, 3.8) is 0 Å². The average molecular weight is 284 g/mol. The van der Waals surface area contributed by atoms with Crippen molar-refractivity contribution in [2.24, 2.45) is 0 Å². The van der Waals surface area contributed by atoms with Gasteiger partial charge in [-0.25, -0.2) is 0 Å². The van der Waals surface area contributed by atoms with E-state index in [0.717, 1.165) is 11.3 Å². The Labute approximate surface area is 117 Å². The highest BCUT2D eigenvalue weighted by molar-refractivity contribution is 7.09. The Bertz CT molecular complexity index is 406. The van der Waals surface area contributed by atoms with Crippen LogP contribution in [0.4, 0.5) is 0 Å². The lowest BCUT2D eigenvalue weighted by atomic mass is 10.1. The Kier molecular flexibility index (Phi) is 6.52. The second-order valence-corrected chi connectivity index (χ2v) is 5.42. The highest BCUT2D eigenvalue weighted by atomic mass is 32.1. The Morgan fingerprint density at radius 1 is 1.53 bits per heavy atom. The first-order valence-corrected chi connectivity index (χ1v) is 7.15. The molecular formula is C13H20N2O3S. The van der Waals surface area contributed by atoms with Crippen LogP contribution in [0.15, 0.2) is 17.5 Å². The number of carboxylic acid groups (broad SMARTS) is 1. The molecule has 0 saturated carbocycles. The predicted molar refractivity (Wildman–Crippen MR) is 75.1 cm³/mol. The minimum Gasteiger partial charge on any atom is -0.480 e. The van der Waals surface area contributed by atoms with Crippen molar-refractivity contribution < 1.29 is 14.7 Å². The number of rotatable bonds is 8. The molecule has 1 aromatic rings. The molecule has 0 fully saturated rings. The molecule has 0 bridgehead atoms. The second kappa shape index (κ2) is 7.91.